The van der Waals surface area contributed by atoms with Gasteiger partial charge in [0.2, 0.25) is 15.9 Å². The van der Waals surface area contributed by atoms with Crippen molar-refractivity contribution in [3.05, 3.63) is 65.3 Å². The quantitative estimate of drug-likeness (QED) is 0.567. The fourth-order valence-electron chi connectivity index (χ4n) is 3.36. The lowest BCUT2D eigenvalue weighted by atomic mass is 10.2. The second-order valence-corrected chi connectivity index (χ2v) is 10.1. The Labute approximate surface area is 192 Å². The summed E-state index contributed by atoms with van der Waals surface area (Å²) < 4.78 is 66.3. The summed E-state index contributed by atoms with van der Waals surface area (Å²) in [6, 6.07) is 8.11. The predicted octanol–water partition coefficient (Wildman–Crippen LogP) is 3.17. The third-order valence-electron chi connectivity index (χ3n) is 5.12. The van der Waals surface area contributed by atoms with Crippen molar-refractivity contribution >= 4 is 32.4 Å². The van der Waals surface area contributed by atoms with Crippen LogP contribution in [0.2, 0.25) is 0 Å². The average molecular weight is 497 g/mol. The molecule has 12 heteroatoms. The van der Waals surface area contributed by atoms with Crippen molar-refractivity contribution in [2.75, 3.05) is 38.0 Å². The van der Waals surface area contributed by atoms with Crippen LogP contribution in [0.25, 0.3) is 11.3 Å². The van der Waals surface area contributed by atoms with Crippen LogP contribution in [-0.4, -0.2) is 61.2 Å². The molecule has 0 saturated carbocycles. The lowest BCUT2D eigenvalue weighted by molar-refractivity contribution is -0.117. The maximum Gasteiger partial charge on any atom is 0.243 e. The number of amides is 1. The summed E-state index contributed by atoms with van der Waals surface area (Å²) >= 11 is 1.16. The molecule has 2 heterocycles. The van der Waals surface area contributed by atoms with E-state index in [2.05, 4.69) is 10.3 Å². The van der Waals surface area contributed by atoms with Gasteiger partial charge in [-0.05, 0) is 42.5 Å². The van der Waals surface area contributed by atoms with Crippen molar-refractivity contribution in [1.82, 2.24) is 14.2 Å². The predicted molar refractivity (Wildman–Crippen MR) is 118 cm³/mol. The summed E-state index contributed by atoms with van der Waals surface area (Å²) in [6.45, 7) is 1.15. The summed E-state index contributed by atoms with van der Waals surface area (Å²) in [5.41, 5.74) is 0.804. The maximum absolute atomic E-state index is 13.4. The molecule has 33 heavy (non-hydrogen) atoms. The van der Waals surface area contributed by atoms with Crippen LogP contribution in [0.5, 0.6) is 0 Å². The lowest BCUT2D eigenvalue weighted by Gasteiger charge is -2.33. The molecule has 0 bridgehead atoms. The van der Waals surface area contributed by atoms with Gasteiger partial charge in [-0.15, -0.1) is 11.3 Å². The smallest absolute Gasteiger partial charge is 0.243 e. The van der Waals surface area contributed by atoms with E-state index in [0.717, 1.165) is 35.6 Å². The van der Waals surface area contributed by atoms with Crippen LogP contribution in [0, 0.1) is 17.5 Å². The highest BCUT2D eigenvalue weighted by Gasteiger charge is 2.29. The second kappa shape index (κ2) is 9.59. The molecule has 0 unspecified atom stereocenters. The van der Waals surface area contributed by atoms with Crippen molar-refractivity contribution in [2.24, 2.45) is 0 Å². The van der Waals surface area contributed by atoms with Crippen LogP contribution >= 0.6 is 11.3 Å². The van der Waals surface area contributed by atoms with Crippen LogP contribution < -0.4 is 5.32 Å². The van der Waals surface area contributed by atoms with Gasteiger partial charge >= 0.3 is 0 Å². The van der Waals surface area contributed by atoms with Gasteiger partial charge in [-0.2, -0.15) is 4.31 Å². The van der Waals surface area contributed by atoms with E-state index in [1.165, 1.54) is 22.5 Å². The molecule has 1 fully saturated rings. The molecular weight excluding hydrogens is 477 g/mol. The van der Waals surface area contributed by atoms with Gasteiger partial charge < -0.3 is 5.32 Å². The molecule has 0 spiro atoms. The number of carbonyl (C=O) groups is 1. The summed E-state index contributed by atoms with van der Waals surface area (Å²) in [7, 11) is -3.73. The molecule has 0 atom stereocenters. The number of sulfonamides is 1. The van der Waals surface area contributed by atoms with Crippen molar-refractivity contribution in [3.63, 3.8) is 0 Å². The third-order valence-corrected chi connectivity index (χ3v) is 7.79. The first-order chi connectivity index (χ1) is 15.7. The standard InChI is InChI=1S/C21H19F3N4O3S2/c22-15-2-4-16(5-3-15)33(30,31)28-9-7-27(8-10-28)12-20(29)26-21-25-19(13-32-21)14-1-6-17(23)18(24)11-14/h1-6,11,13H,7-10,12H2,(H,25,26,29). The zero-order chi connectivity index (χ0) is 23.6. The molecular formula is C21H19F3N4O3S2. The Morgan fingerprint density at radius 3 is 2.36 bits per heavy atom. The number of nitrogens with one attached hydrogen (secondary N) is 1. The van der Waals surface area contributed by atoms with Gasteiger partial charge in [0.05, 0.1) is 17.1 Å². The highest BCUT2D eigenvalue weighted by atomic mass is 32.2. The molecule has 1 N–H and O–H groups in total. The van der Waals surface area contributed by atoms with Crippen LogP contribution in [0.4, 0.5) is 18.3 Å². The van der Waals surface area contributed by atoms with E-state index in [1.54, 1.807) is 5.38 Å². The maximum atomic E-state index is 13.4. The Kier molecular flexibility index (Phi) is 6.79. The minimum absolute atomic E-state index is 0.0238. The number of benzene rings is 2. The fourth-order valence-corrected chi connectivity index (χ4v) is 5.52. The average Bonchev–Trinajstić information content (AvgIpc) is 3.24. The SMILES string of the molecule is O=C(CN1CCN(S(=O)(=O)c2ccc(F)cc2)CC1)Nc1nc(-c2ccc(F)c(F)c2)cs1. The number of piperazine rings is 1. The van der Waals surface area contributed by atoms with E-state index >= 15 is 0 Å². The molecule has 1 aromatic heterocycles. The molecule has 0 aliphatic carbocycles. The van der Waals surface area contributed by atoms with E-state index in [9.17, 15) is 26.4 Å². The topological polar surface area (TPSA) is 82.6 Å². The van der Waals surface area contributed by atoms with Crippen LogP contribution in [0.15, 0.2) is 52.7 Å². The number of anilines is 1. The Morgan fingerprint density at radius 1 is 1.00 bits per heavy atom. The van der Waals surface area contributed by atoms with Crippen LogP contribution in [-0.2, 0) is 14.8 Å². The normalized spacial score (nSPS) is 15.5. The van der Waals surface area contributed by atoms with Gasteiger partial charge in [-0.1, -0.05) is 0 Å². The molecule has 3 aromatic rings. The van der Waals surface area contributed by atoms with Crippen molar-refractivity contribution in [3.8, 4) is 11.3 Å². The highest BCUT2D eigenvalue weighted by molar-refractivity contribution is 7.89. The monoisotopic (exact) mass is 496 g/mol. The van der Waals surface area contributed by atoms with Crippen LogP contribution in [0.3, 0.4) is 0 Å². The lowest BCUT2D eigenvalue weighted by Crippen LogP contribution is -2.50. The van der Waals surface area contributed by atoms with Gasteiger partial charge in [0.25, 0.3) is 0 Å². The molecule has 0 radical (unpaired) electrons. The van der Waals surface area contributed by atoms with E-state index in [4.69, 9.17) is 0 Å². The van der Waals surface area contributed by atoms with E-state index in [0.29, 0.717) is 29.5 Å². The fraction of sp³-hybridized carbons (Fsp3) is 0.238. The van der Waals surface area contributed by atoms with Crippen molar-refractivity contribution < 1.29 is 26.4 Å². The number of hydrogen-bond acceptors (Lipinski definition) is 6. The summed E-state index contributed by atoms with van der Waals surface area (Å²) in [5.74, 6) is -2.77. The Bertz CT molecular complexity index is 1260. The van der Waals surface area contributed by atoms with Gasteiger partial charge in [-0.3, -0.25) is 9.69 Å². The number of aromatic nitrogens is 1. The van der Waals surface area contributed by atoms with Gasteiger partial charge in [0.1, 0.15) is 5.82 Å². The highest BCUT2D eigenvalue weighted by Crippen LogP contribution is 2.26. The summed E-state index contributed by atoms with van der Waals surface area (Å²) in [5, 5.41) is 4.61. The zero-order valence-corrected chi connectivity index (χ0v) is 18.8. The molecule has 2 aromatic carbocycles. The second-order valence-electron chi connectivity index (χ2n) is 7.35. The number of nitrogens with zero attached hydrogens (tertiary/aromatic N) is 3. The first-order valence-electron chi connectivity index (χ1n) is 9.91. The van der Waals surface area contributed by atoms with E-state index < -0.39 is 27.5 Å². The largest absolute Gasteiger partial charge is 0.301 e. The first kappa shape index (κ1) is 23.4. The summed E-state index contributed by atoms with van der Waals surface area (Å²) in [4.78, 5) is 18.5. The first-order valence-corrected chi connectivity index (χ1v) is 12.2. The summed E-state index contributed by atoms with van der Waals surface area (Å²) in [6.07, 6.45) is 0. The number of thiazole rings is 1. The van der Waals surface area contributed by atoms with Gasteiger partial charge in [0.15, 0.2) is 16.8 Å². The minimum atomic E-state index is -3.73. The van der Waals surface area contributed by atoms with Crippen molar-refractivity contribution in [1.29, 1.82) is 0 Å². The molecule has 7 nitrogen and oxygen atoms in total. The number of hydrogen-bond donors (Lipinski definition) is 1. The molecule has 1 aliphatic heterocycles. The van der Waals surface area contributed by atoms with Gasteiger partial charge in [-0.25, -0.2) is 26.6 Å². The zero-order valence-electron chi connectivity index (χ0n) is 17.2. The molecule has 1 saturated heterocycles. The third kappa shape index (κ3) is 5.41. The number of halogens is 3. The molecule has 174 valence electrons. The van der Waals surface area contributed by atoms with Crippen LogP contribution in [0.1, 0.15) is 0 Å². The molecule has 1 aliphatic rings. The van der Waals surface area contributed by atoms with Crippen molar-refractivity contribution in [2.45, 2.75) is 4.90 Å². The number of carbonyl (C=O) groups excluding carboxylic acids is 1. The van der Waals surface area contributed by atoms with E-state index in [1.807, 2.05) is 4.90 Å². The minimum Gasteiger partial charge on any atom is -0.301 e. The number of rotatable bonds is 6. The Morgan fingerprint density at radius 2 is 1.70 bits per heavy atom. The van der Waals surface area contributed by atoms with Gasteiger partial charge in [0, 0.05) is 37.1 Å². The molecule has 4 rings (SSSR count). The Balaban J connectivity index is 1.30. The Hall–Kier alpha value is -2.80. The molecule has 1 amide bonds. The van der Waals surface area contributed by atoms with E-state index in [-0.39, 0.29) is 30.4 Å².